The molecule has 1 aliphatic rings. The maximum atomic E-state index is 5.96. The topological polar surface area (TPSA) is 56.3 Å². The van der Waals surface area contributed by atoms with E-state index in [9.17, 15) is 0 Å². The first-order valence-corrected chi connectivity index (χ1v) is 8.17. The van der Waals surface area contributed by atoms with Gasteiger partial charge >= 0.3 is 0 Å². The molecule has 0 amide bonds. The molecule has 0 aliphatic carbocycles. The minimum Gasteiger partial charge on any atom is -0.488 e. The molecule has 1 fully saturated rings. The molecule has 0 spiro atoms. The van der Waals surface area contributed by atoms with Crippen LogP contribution in [0.25, 0.3) is 10.8 Å². The Balaban J connectivity index is 1.60. The number of nitrogens with one attached hydrogen (secondary N) is 1. The summed E-state index contributed by atoms with van der Waals surface area (Å²) in [6.45, 7) is 1.43. The minimum absolute atomic E-state index is 0.141. The Kier molecular flexibility index (Phi) is 4.19. The first-order chi connectivity index (χ1) is 11.8. The first kappa shape index (κ1) is 15.2. The van der Waals surface area contributed by atoms with E-state index in [0.29, 0.717) is 11.8 Å². The van der Waals surface area contributed by atoms with E-state index >= 15 is 0 Å². The summed E-state index contributed by atoms with van der Waals surface area (Å²) < 4.78 is 11.3. The number of hydrogen-bond acceptors (Lipinski definition) is 5. The smallest absolute Gasteiger partial charge is 0.138 e. The summed E-state index contributed by atoms with van der Waals surface area (Å²) >= 11 is 5.82. The quantitative estimate of drug-likeness (QED) is 0.721. The highest BCUT2D eigenvalue weighted by Gasteiger charge is 2.17. The maximum Gasteiger partial charge on any atom is 0.138 e. The van der Waals surface area contributed by atoms with Gasteiger partial charge in [0.05, 0.1) is 25.1 Å². The predicted molar refractivity (Wildman–Crippen MR) is 94.1 cm³/mol. The molecule has 3 aromatic rings. The average Bonchev–Trinajstić information content (AvgIpc) is 3.10. The summed E-state index contributed by atoms with van der Waals surface area (Å²) in [5, 5.41) is 5.81. The molecule has 3 heterocycles. The summed E-state index contributed by atoms with van der Waals surface area (Å²) in [4.78, 5) is 8.49. The third kappa shape index (κ3) is 3.27. The molecule has 24 heavy (non-hydrogen) atoms. The number of benzene rings is 1. The van der Waals surface area contributed by atoms with Crippen LogP contribution in [0.2, 0.25) is 5.15 Å². The SMILES string of the molecule is Clc1ccc(Nc2nccc3cc(O[C@@H]4CCOC4)ccc23)cn1. The Labute approximate surface area is 144 Å². The molecule has 1 saturated heterocycles. The summed E-state index contributed by atoms with van der Waals surface area (Å²) in [7, 11) is 0. The summed E-state index contributed by atoms with van der Waals surface area (Å²) in [6.07, 6.45) is 4.53. The lowest BCUT2D eigenvalue weighted by Crippen LogP contribution is -2.15. The van der Waals surface area contributed by atoms with Crippen LogP contribution in [0.3, 0.4) is 0 Å². The second-order valence-electron chi connectivity index (χ2n) is 5.64. The van der Waals surface area contributed by atoms with Gasteiger partial charge < -0.3 is 14.8 Å². The van der Waals surface area contributed by atoms with Crippen molar-refractivity contribution < 1.29 is 9.47 Å². The standard InChI is InChI=1S/C18H16ClN3O2/c19-17-4-1-13(10-21-17)22-18-16-3-2-14(9-12(16)5-7-20-18)24-15-6-8-23-11-15/h1-5,7,9-10,15H,6,8,11H2,(H,20,22)/t15-/m1/s1. The summed E-state index contributed by atoms with van der Waals surface area (Å²) in [6, 6.07) is 11.6. The average molecular weight is 342 g/mol. The van der Waals surface area contributed by atoms with Crippen LogP contribution in [0.5, 0.6) is 5.75 Å². The number of nitrogens with zero attached hydrogens (tertiary/aromatic N) is 2. The Hall–Kier alpha value is -2.37. The largest absolute Gasteiger partial charge is 0.488 e. The number of hydrogen-bond donors (Lipinski definition) is 1. The highest BCUT2D eigenvalue weighted by atomic mass is 35.5. The van der Waals surface area contributed by atoms with Crippen molar-refractivity contribution in [3.63, 3.8) is 0 Å². The van der Waals surface area contributed by atoms with E-state index in [0.717, 1.165) is 41.1 Å². The molecule has 1 N–H and O–H groups in total. The van der Waals surface area contributed by atoms with Gasteiger partial charge in [-0.05, 0) is 41.8 Å². The van der Waals surface area contributed by atoms with Crippen LogP contribution in [-0.2, 0) is 4.74 Å². The van der Waals surface area contributed by atoms with E-state index in [2.05, 4.69) is 15.3 Å². The highest BCUT2D eigenvalue weighted by Crippen LogP contribution is 2.28. The molecule has 5 nitrogen and oxygen atoms in total. The molecule has 1 atom stereocenters. The van der Waals surface area contributed by atoms with Crippen LogP contribution in [-0.4, -0.2) is 29.3 Å². The molecular weight excluding hydrogens is 326 g/mol. The van der Waals surface area contributed by atoms with Gasteiger partial charge in [-0.2, -0.15) is 0 Å². The number of anilines is 2. The van der Waals surface area contributed by atoms with Gasteiger partial charge in [0.1, 0.15) is 22.8 Å². The Morgan fingerprint density at radius 3 is 2.92 bits per heavy atom. The zero-order valence-corrected chi connectivity index (χ0v) is 13.7. The maximum absolute atomic E-state index is 5.96. The first-order valence-electron chi connectivity index (χ1n) is 7.80. The molecule has 0 unspecified atom stereocenters. The van der Waals surface area contributed by atoms with E-state index in [1.54, 1.807) is 18.5 Å². The molecule has 2 aromatic heterocycles. The Morgan fingerprint density at radius 2 is 2.12 bits per heavy atom. The highest BCUT2D eigenvalue weighted by molar-refractivity contribution is 6.29. The van der Waals surface area contributed by atoms with Gasteiger partial charge in [-0.25, -0.2) is 9.97 Å². The van der Waals surface area contributed by atoms with Gasteiger partial charge in [0.2, 0.25) is 0 Å². The zero-order chi connectivity index (χ0) is 16.4. The van der Waals surface area contributed by atoms with Gasteiger partial charge in [0.25, 0.3) is 0 Å². The third-order valence-electron chi connectivity index (χ3n) is 3.92. The number of aromatic nitrogens is 2. The zero-order valence-electron chi connectivity index (χ0n) is 12.9. The number of ether oxygens (including phenoxy) is 2. The van der Waals surface area contributed by atoms with Crippen molar-refractivity contribution in [2.24, 2.45) is 0 Å². The van der Waals surface area contributed by atoms with Crippen LogP contribution in [0.1, 0.15) is 6.42 Å². The molecule has 6 heteroatoms. The Bertz CT molecular complexity index is 849. The lowest BCUT2D eigenvalue weighted by atomic mass is 10.1. The van der Waals surface area contributed by atoms with E-state index in [1.165, 1.54) is 0 Å². The van der Waals surface area contributed by atoms with Gasteiger partial charge in [0.15, 0.2) is 0 Å². The second kappa shape index (κ2) is 6.63. The molecule has 0 saturated carbocycles. The molecule has 0 radical (unpaired) electrons. The van der Waals surface area contributed by atoms with Crippen molar-refractivity contribution in [2.75, 3.05) is 18.5 Å². The van der Waals surface area contributed by atoms with Crippen molar-refractivity contribution in [1.82, 2.24) is 9.97 Å². The predicted octanol–water partition coefficient (Wildman–Crippen LogP) is 4.19. The summed E-state index contributed by atoms with van der Waals surface area (Å²) in [5.41, 5.74) is 0.836. The van der Waals surface area contributed by atoms with Crippen molar-refractivity contribution in [2.45, 2.75) is 12.5 Å². The van der Waals surface area contributed by atoms with E-state index in [-0.39, 0.29) is 6.10 Å². The summed E-state index contributed by atoms with van der Waals surface area (Å²) in [5.74, 6) is 1.62. The van der Waals surface area contributed by atoms with E-state index < -0.39 is 0 Å². The fraction of sp³-hybridized carbons (Fsp3) is 0.222. The van der Waals surface area contributed by atoms with E-state index in [1.807, 2.05) is 30.3 Å². The molecule has 1 aliphatic heterocycles. The van der Waals surface area contributed by atoms with Crippen molar-refractivity contribution in [3.8, 4) is 5.75 Å². The lowest BCUT2D eigenvalue weighted by molar-refractivity contribution is 0.141. The van der Waals surface area contributed by atoms with Crippen LogP contribution in [0, 0.1) is 0 Å². The lowest BCUT2D eigenvalue weighted by Gasteiger charge is -2.13. The molecule has 4 rings (SSSR count). The van der Waals surface area contributed by atoms with Gasteiger partial charge in [-0.15, -0.1) is 0 Å². The molecule has 122 valence electrons. The van der Waals surface area contributed by atoms with Gasteiger partial charge in [0, 0.05) is 18.0 Å². The fourth-order valence-electron chi connectivity index (χ4n) is 2.71. The van der Waals surface area contributed by atoms with Crippen LogP contribution < -0.4 is 10.1 Å². The van der Waals surface area contributed by atoms with Crippen molar-refractivity contribution in [1.29, 1.82) is 0 Å². The normalized spacial score (nSPS) is 17.1. The molecule has 1 aromatic carbocycles. The molecule has 0 bridgehead atoms. The number of fused-ring (bicyclic) bond motifs is 1. The van der Waals surface area contributed by atoms with Gasteiger partial charge in [-0.1, -0.05) is 11.6 Å². The van der Waals surface area contributed by atoms with E-state index in [4.69, 9.17) is 21.1 Å². The number of rotatable bonds is 4. The monoisotopic (exact) mass is 341 g/mol. The minimum atomic E-state index is 0.141. The van der Waals surface area contributed by atoms with Crippen LogP contribution in [0.4, 0.5) is 11.5 Å². The Morgan fingerprint density at radius 1 is 1.17 bits per heavy atom. The number of halogens is 1. The van der Waals surface area contributed by atoms with Crippen molar-refractivity contribution >= 4 is 33.9 Å². The molecular formula is C18H16ClN3O2. The number of pyridine rings is 2. The van der Waals surface area contributed by atoms with Gasteiger partial charge in [-0.3, -0.25) is 0 Å². The van der Waals surface area contributed by atoms with Crippen LogP contribution in [0.15, 0.2) is 48.8 Å². The second-order valence-corrected chi connectivity index (χ2v) is 6.03. The fourth-order valence-corrected chi connectivity index (χ4v) is 2.83. The van der Waals surface area contributed by atoms with Crippen LogP contribution >= 0.6 is 11.6 Å². The third-order valence-corrected chi connectivity index (χ3v) is 4.14. The van der Waals surface area contributed by atoms with Crippen molar-refractivity contribution in [3.05, 3.63) is 53.9 Å².